The van der Waals surface area contributed by atoms with Crippen molar-refractivity contribution in [3.8, 4) is 0 Å². The second-order valence-corrected chi connectivity index (χ2v) is 16.7. The molecule has 4 N–H and O–H groups in total. The molecule has 0 unspecified atom stereocenters. The molecular weight excluding hydrogens is 889 g/mol. The van der Waals surface area contributed by atoms with Gasteiger partial charge in [-0.3, -0.25) is 0 Å². The maximum absolute atomic E-state index is 7.83. The van der Waals surface area contributed by atoms with Crippen molar-refractivity contribution < 1.29 is 25.3 Å². The van der Waals surface area contributed by atoms with Gasteiger partial charge in [-0.05, 0) is 75.0 Å². The number of rotatable bonds is 24. The molecule has 0 heterocycles. The fourth-order valence-electron chi connectivity index (χ4n) is 5.57. The molecule has 0 aliphatic heterocycles. The molecule has 0 aliphatic carbocycles. The maximum atomic E-state index is 7.83. The van der Waals surface area contributed by atoms with Crippen molar-refractivity contribution >= 4 is 129 Å². The predicted octanol–water partition coefficient (Wildman–Crippen LogP) is 10.2. The van der Waals surface area contributed by atoms with E-state index >= 15 is 0 Å². The summed E-state index contributed by atoms with van der Waals surface area (Å²) in [5.41, 5.74) is 0. The third-order valence-corrected chi connectivity index (χ3v) is 8.87. The molecule has 0 radical (unpaired) electrons. The van der Waals surface area contributed by atoms with Crippen LogP contribution in [0.25, 0.3) is 0 Å². The molecule has 0 aromatic carbocycles. The minimum Gasteiger partial charge on any atom is -0.412 e. The van der Waals surface area contributed by atoms with E-state index in [1.807, 2.05) is 0 Å². The minimum atomic E-state index is 0. The Bertz CT molecular complexity index is 630. The molecule has 302 valence electrons. The fourth-order valence-corrected chi connectivity index (χ4v) is 6.24. The van der Waals surface area contributed by atoms with E-state index in [9.17, 15) is 0 Å². The van der Waals surface area contributed by atoms with Gasteiger partial charge in [-0.1, -0.05) is 124 Å². The van der Waals surface area contributed by atoms with Gasteiger partial charge in [0.1, 0.15) is 0 Å². The standard InChI is InChI=1S/4C9H19NS2.Mo.OS/c4*1-3-5-8(6-4-2)7-10-9(11)12;;1-2/h4*8H,3-7H2,1-2H3,(H2,10,11,12);;/q;;;;+4;/p-4. The van der Waals surface area contributed by atoms with Crippen LogP contribution in [0.15, 0.2) is 0 Å². The molecule has 0 saturated heterocycles. The molecule has 0 saturated carbocycles. The Hall–Kier alpha value is 1.15. The average molecular weight is 962 g/mol. The molecule has 0 fully saturated rings. The monoisotopic (exact) mass is 962 g/mol. The average Bonchev–Trinajstić information content (AvgIpc) is 3.06. The van der Waals surface area contributed by atoms with E-state index in [0.29, 0.717) is 17.3 Å². The quantitative estimate of drug-likeness (QED) is 0.0422. The van der Waals surface area contributed by atoms with Crippen molar-refractivity contribution in [3.63, 3.8) is 0 Å². The molecule has 0 bridgehead atoms. The third kappa shape index (κ3) is 60.6. The van der Waals surface area contributed by atoms with Crippen molar-refractivity contribution in [3.05, 3.63) is 0 Å². The molecule has 0 atom stereocenters. The van der Waals surface area contributed by atoms with E-state index in [0.717, 1.165) is 49.9 Å². The Labute approximate surface area is 380 Å². The van der Waals surface area contributed by atoms with Crippen LogP contribution in [-0.2, 0) is 84.1 Å². The van der Waals surface area contributed by atoms with Crippen LogP contribution < -0.4 is 21.3 Å². The zero-order chi connectivity index (χ0) is 39.6. The van der Waals surface area contributed by atoms with E-state index < -0.39 is 0 Å². The van der Waals surface area contributed by atoms with Gasteiger partial charge < -0.3 is 121 Å². The number of hydrogen-bond donors (Lipinski definition) is 4. The summed E-state index contributed by atoms with van der Waals surface area (Å²) in [6.07, 6.45) is 20.2. The molecular formula is C36H72MoN4OS9. The van der Waals surface area contributed by atoms with Gasteiger partial charge in [0.25, 0.3) is 0 Å². The van der Waals surface area contributed by atoms with E-state index in [-0.39, 0.29) is 21.1 Å². The second-order valence-electron chi connectivity index (χ2n) is 12.4. The largest absolute Gasteiger partial charge is 4.00 e. The van der Waals surface area contributed by atoms with Crippen LogP contribution in [-0.4, -0.2) is 47.7 Å². The molecule has 5 nitrogen and oxygen atoms in total. The van der Waals surface area contributed by atoms with Crippen LogP contribution in [0.5, 0.6) is 0 Å². The van der Waals surface area contributed by atoms with E-state index in [1.165, 1.54) is 103 Å². The van der Waals surface area contributed by atoms with Gasteiger partial charge in [0.05, 0.1) is 0 Å². The predicted molar refractivity (Wildman–Crippen MR) is 253 cm³/mol. The fraction of sp³-hybridized carbons (Fsp3) is 0.889. The first-order valence-electron chi connectivity index (χ1n) is 18.8. The summed E-state index contributed by atoms with van der Waals surface area (Å²) in [7, 11) is 0. The summed E-state index contributed by atoms with van der Waals surface area (Å²) in [5.74, 6) is 3.00. The van der Waals surface area contributed by atoms with Crippen LogP contribution in [0.3, 0.4) is 0 Å². The van der Waals surface area contributed by atoms with Gasteiger partial charge in [0.2, 0.25) is 0 Å². The Morgan fingerprint density at radius 2 is 0.490 bits per heavy atom. The van der Waals surface area contributed by atoms with Crippen LogP contribution in [0.2, 0.25) is 0 Å². The number of thiocarbonyl (C=S) groups is 4. The van der Waals surface area contributed by atoms with Gasteiger partial charge in [-0.2, -0.15) is 4.21 Å². The van der Waals surface area contributed by atoms with Crippen LogP contribution in [0.4, 0.5) is 0 Å². The minimum absolute atomic E-state index is 0. The van der Waals surface area contributed by atoms with Crippen molar-refractivity contribution in [2.45, 2.75) is 158 Å². The maximum Gasteiger partial charge on any atom is 4.00 e. The summed E-state index contributed by atoms with van der Waals surface area (Å²) in [6.45, 7) is 21.6. The van der Waals surface area contributed by atoms with Crippen molar-refractivity contribution in [2.24, 2.45) is 23.7 Å². The first-order valence-corrected chi connectivity index (χ1v) is 22.4. The normalized spacial score (nSPS) is 9.73. The van der Waals surface area contributed by atoms with Crippen molar-refractivity contribution in [1.29, 1.82) is 0 Å². The van der Waals surface area contributed by atoms with Crippen LogP contribution in [0, 0.1) is 23.7 Å². The molecule has 0 aromatic rings. The smallest absolute Gasteiger partial charge is 0.412 e. The van der Waals surface area contributed by atoms with Crippen molar-refractivity contribution in [2.75, 3.05) is 26.2 Å². The van der Waals surface area contributed by atoms with E-state index in [4.69, 9.17) is 104 Å². The molecule has 0 aliphatic rings. The zero-order valence-electron chi connectivity index (χ0n) is 32.9. The summed E-state index contributed by atoms with van der Waals surface area (Å²) >= 11 is 41.1. The van der Waals surface area contributed by atoms with Gasteiger partial charge in [-0.15, -0.1) is 0 Å². The Kier molecular flexibility index (Phi) is 66.9. The summed E-state index contributed by atoms with van der Waals surface area (Å²) < 4.78 is 9.86. The van der Waals surface area contributed by atoms with Gasteiger partial charge in [0.15, 0.2) is 12.5 Å². The SMILES string of the molecule is CCCC(CCC)CNC(=S)[S-].CCCC(CCC)CNC(=S)[S-].CCCC(CCC)CNC(=S)[S-].CCCC(CCC)CNC(=S)[S-].O=S.[Mo+4]. The second kappa shape index (κ2) is 53.3. The molecule has 0 amide bonds. The zero-order valence-corrected chi connectivity index (χ0v) is 42.3. The molecule has 51 heavy (non-hydrogen) atoms. The van der Waals surface area contributed by atoms with Gasteiger partial charge in [0, 0.05) is 26.2 Å². The van der Waals surface area contributed by atoms with E-state index in [1.54, 1.807) is 0 Å². The molecule has 0 spiro atoms. The van der Waals surface area contributed by atoms with Crippen molar-refractivity contribution in [1.82, 2.24) is 21.3 Å². The first kappa shape index (κ1) is 64.1. The first-order chi connectivity index (χ1) is 23.8. The topological polar surface area (TPSA) is 65.2 Å². The van der Waals surface area contributed by atoms with Crippen LogP contribution in [0.1, 0.15) is 158 Å². The Morgan fingerprint density at radius 1 is 0.373 bits per heavy atom. The van der Waals surface area contributed by atoms with Gasteiger partial charge in [-0.25, -0.2) is 0 Å². The summed E-state index contributed by atoms with van der Waals surface area (Å²) in [5, 5.41) is 12.2. The molecule has 0 rings (SSSR count). The molecule has 0 aromatic heterocycles. The Balaban J connectivity index is -0.000000129. The Morgan fingerprint density at radius 3 is 0.569 bits per heavy atom. The summed E-state index contributed by atoms with van der Waals surface area (Å²) in [4.78, 5) is 0. The van der Waals surface area contributed by atoms with Gasteiger partial charge >= 0.3 is 21.1 Å². The number of nitrogens with one attached hydrogen (secondary N) is 4. The molecule has 15 heteroatoms. The summed E-state index contributed by atoms with van der Waals surface area (Å²) in [6, 6.07) is 0. The third-order valence-electron chi connectivity index (χ3n) is 7.72. The number of hydrogen-bond acceptors (Lipinski definition) is 10. The van der Waals surface area contributed by atoms with E-state index in [2.05, 4.69) is 89.2 Å². The van der Waals surface area contributed by atoms with Crippen LogP contribution >= 0.6 is 48.9 Å².